The minimum atomic E-state index is -1.01. The third kappa shape index (κ3) is 3.77. The molecule has 0 saturated carbocycles. The molecule has 1 rings (SSSR count). The Balaban J connectivity index is 2.63. The quantitative estimate of drug-likeness (QED) is 0.777. The molecule has 0 unspecified atom stereocenters. The molecule has 0 aromatic heterocycles. The van der Waals surface area contributed by atoms with E-state index in [0.29, 0.717) is 17.9 Å². The summed E-state index contributed by atoms with van der Waals surface area (Å²) in [4.78, 5) is 22.4. The summed E-state index contributed by atoms with van der Waals surface area (Å²) in [6.07, 6.45) is -0.0605. The Kier molecular flexibility index (Phi) is 3.85. The van der Waals surface area contributed by atoms with Crippen molar-refractivity contribution in [3.63, 3.8) is 0 Å². The number of carbonyl (C=O) groups is 2. The highest BCUT2D eigenvalue weighted by Crippen LogP contribution is 2.29. The zero-order chi connectivity index (χ0) is 12.3. The van der Waals surface area contributed by atoms with Crippen molar-refractivity contribution < 1.29 is 19.4 Å². The summed E-state index contributed by atoms with van der Waals surface area (Å²) in [5.74, 6) is -0.333. The largest absolute Gasteiger partial charge is 0.477 e. The zero-order valence-corrected chi connectivity index (χ0v) is 10.3. The number of carboxylic acids is 1. The molecule has 0 aromatic rings. The molecule has 0 fully saturated rings. The van der Waals surface area contributed by atoms with Crippen molar-refractivity contribution in [3.8, 4) is 0 Å². The van der Waals surface area contributed by atoms with E-state index in [0.717, 1.165) is 0 Å². The van der Waals surface area contributed by atoms with Gasteiger partial charge < -0.3 is 9.84 Å². The predicted octanol–water partition coefficient (Wildman–Crippen LogP) is 1.94. The van der Waals surface area contributed by atoms with Crippen molar-refractivity contribution in [3.05, 3.63) is 10.6 Å². The molecule has 1 amide bonds. The molecule has 0 aliphatic carbocycles. The molecule has 90 valence electrons. The number of allylic oxidation sites excluding steroid dienone is 1. The Bertz CT molecular complexity index is 343. The van der Waals surface area contributed by atoms with Gasteiger partial charge in [0.25, 0.3) is 0 Å². The number of hydrogen-bond donors (Lipinski definition) is 2. The molecule has 0 aromatic carbocycles. The van der Waals surface area contributed by atoms with E-state index < -0.39 is 17.7 Å². The van der Waals surface area contributed by atoms with Crippen LogP contribution in [0.5, 0.6) is 0 Å². The lowest BCUT2D eigenvalue weighted by atomic mass is 10.2. The third-order valence-electron chi connectivity index (χ3n) is 1.72. The maximum Gasteiger partial charge on any atom is 0.411 e. The highest BCUT2D eigenvalue weighted by atomic mass is 32.2. The van der Waals surface area contributed by atoms with Gasteiger partial charge >= 0.3 is 12.1 Å². The average Bonchev–Trinajstić information content (AvgIpc) is 2.47. The van der Waals surface area contributed by atoms with Crippen LogP contribution >= 0.6 is 11.8 Å². The van der Waals surface area contributed by atoms with Crippen LogP contribution in [0.4, 0.5) is 4.79 Å². The van der Waals surface area contributed by atoms with Gasteiger partial charge in [0, 0.05) is 11.4 Å². The van der Waals surface area contributed by atoms with E-state index >= 15 is 0 Å². The molecule has 0 bridgehead atoms. The summed E-state index contributed by atoms with van der Waals surface area (Å²) in [5.41, 5.74) is -0.147. The number of ether oxygens (including phenoxy) is 1. The molecule has 1 heterocycles. The van der Waals surface area contributed by atoms with Crippen molar-refractivity contribution in [1.29, 1.82) is 0 Å². The van der Waals surface area contributed by atoms with Crippen molar-refractivity contribution in [1.82, 2.24) is 5.32 Å². The van der Waals surface area contributed by atoms with E-state index in [9.17, 15) is 9.59 Å². The van der Waals surface area contributed by atoms with Gasteiger partial charge in [-0.15, -0.1) is 11.8 Å². The van der Waals surface area contributed by atoms with E-state index in [1.807, 2.05) is 0 Å². The summed E-state index contributed by atoms with van der Waals surface area (Å²) in [6.45, 7) is 5.26. The summed E-state index contributed by atoms with van der Waals surface area (Å²) in [5, 5.41) is 11.3. The smallest absolute Gasteiger partial charge is 0.411 e. The SMILES string of the molecule is CC(C)(C)OC(=O)NC1=C(C(=O)O)SCC1. The lowest BCUT2D eigenvalue weighted by molar-refractivity contribution is -0.131. The predicted molar refractivity (Wildman–Crippen MR) is 61.1 cm³/mol. The topological polar surface area (TPSA) is 75.6 Å². The summed E-state index contributed by atoms with van der Waals surface area (Å²) in [6, 6.07) is 0. The van der Waals surface area contributed by atoms with Crippen LogP contribution in [-0.4, -0.2) is 28.5 Å². The standard InChI is InChI=1S/C10H15NO4S/c1-10(2,3)15-9(14)11-6-4-5-16-7(6)8(12)13/h4-5H2,1-3H3,(H,11,14)(H,12,13). The van der Waals surface area contributed by atoms with Crippen LogP contribution in [-0.2, 0) is 9.53 Å². The van der Waals surface area contributed by atoms with E-state index in [2.05, 4.69) is 5.32 Å². The first-order valence-corrected chi connectivity index (χ1v) is 5.87. The van der Waals surface area contributed by atoms with Gasteiger partial charge in [0.2, 0.25) is 0 Å². The van der Waals surface area contributed by atoms with Crippen LogP contribution < -0.4 is 5.32 Å². The van der Waals surface area contributed by atoms with Crippen LogP contribution in [0.2, 0.25) is 0 Å². The van der Waals surface area contributed by atoms with Gasteiger partial charge in [0.1, 0.15) is 10.5 Å². The molecule has 0 spiro atoms. The molecule has 0 radical (unpaired) electrons. The molecule has 5 nitrogen and oxygen atoms in total. The van der Waals surface area contributed by atoms with Crippen LogP contribution in [0, 0.1) is 0 Å². The van der Waals surface area contributed by atoms with Gasteiger partial charge in [-0.2, -0.15) is 0 Å². The van der Waals surface area contributed by atoms with Gasteiger partial charge in [0.05, 0.1) is 0 Å². The second-order valence-electron chi connectivity index (χ2n) is 4.34. The van der Waals surface area contributed by atoms with Gasteiger partial charge in [-0.05, 0) is 27.2 Å². The zero-order valence-electron chi connectivity index (χ0n) is 9.49. The van der Waals surface area contributed by atoms with Crippen molar-refractivity contribution in [2.75, 3.05) is 5.75 Å². The fourth-order valence-electron chi connectivity index (χ4n) is 1.19. The lowest BCUT2D eigenvalue weighted by Gasteiger charge is -2.20. The Labute approximate surface area is 98.2 Å². The Hall–Kier alpha value is -1.17. The normalized spacial score (nSPS) is 16.2. The second kappa shape index (κ2) is 4.78. The number of thioether (sulfide) groups is 1. The van der Waals surface area contributed by atoms with E-state index in [4.69, 9.17) is 9.84 Å². The highest BCUT2D eigenvalue weighted by Gasteiger charge is 2.24. The molecule has 2 N–H and O–H groups in total. The maximum absolute atomic E-state index is 11.4. The molecule has 16 heavy (non-hydrogen) atoms. The number of alkyl carbamates (subject to hydrolysis) is 1. The second-order valence-corrected chi connectivity index (χ2v) is 5.44. The minimum absolute atomic E-state index is 0.200. The molecule has 0 atom stereocenters. The fourth-order valence-corrected chi connectivity index (χ4v) is 2.15. The maximum atomic E-state index is 11.4. The van der Waals surface area contributed by atoms with Crippen LogP contribution in [0.15, 0.2) is 10.6 Å². The molecule has 1 aliphatic rings. The Morgan fingerprint density at radius 2 is 2.06 bits per heavy atom. The number of rotatable bonds is 2. The van der Waals surface area contributed by atoms with Crippen molar-refractivity contribution in [2.24, 2.45) is 0 Å². The summed E-state index contributed by atoms with van der Waals surface area (Å²) >= 11 is 1.23. The van der Waals surface area contributed by atoms with Gasteiger partial charge in [-0.3, -0.25) is 5.32 Å². The lowest BCUT2D eigenvalue weighted by Crippen LogP contribution is -2.32. The molecule has 0 saturated heterocycles. The van der Waals surface area contributed by atoms with E-state index in [-0.39, 0.29) is 4.91 Å². The van der Waals surface area contributed by atoms with Crippen LogP contribution in [0.3, 0.4) is 0 Å². The van der Waals surface area contributed by atoms with Gasteiger partial charge in [-0.25, -0.2) is 9.59 Å². The number of amides is 1. The number of aliphatic carboxylic acids is 1. The number of carbonyl (C=O) groups excluding carboxylic acids is 1. The Morgan fingerprint density at radius 1 is 1.44 bits per heavy atom. The van der Waals surface area contributed by atoms with Crippen molar-refractivity contribution in [2.45, 2.75) is 32.8 Å². The third-order valence-corrected chi connectivity index (χ3v) is 2.84. The fraction of sp³-hybridized carbons (Fsp3) is 0.600. The summed E-state index contributed by atoms with van der Waals surface area (Å²) in [7, 11) is 0. The summed E-state index contributed by atoms with van der Waals surface area (Å²) < 4.78 is 5.04. The number of hydrogen-bond acceptors (Lipinski definition) is 4. The first kappa shape index (κ1) is 12.9. The first-order chi connectivity index (χ1) is 7.29. The average molecular weight is 245 g/mol. The van der Waals surface area contributed by atoms with E-state index in [1.165, 1.54) is 11.8 Å². The van der Waals surface area contributed by atoms with Crippen LogP contribution in [0.25, 0.3) is 0 Å². The molecule has 1 aliphatic heterocycles. The minimum Gasteiger partial charge on any atom is -0.477 e. The molecule has 6 heteroatoms. The monoisotopic (exact) mass is 245 g/mol. The Morgan fingerprint density at radius 3 is 2.56 bits per heavy atom. The van der Waals surface area contributed by atoms with Gasteiger partial charge in [-0.1, -0.05) is 0 Å². The highest BCUT2D eigenvalue weighted by molar-refractivity contribution is 8.04. The van der Waals surface area contributed by atoms with E-state index in [1.54, 1.807) is 20.8 Å². The first-order valence-electron chi connectivity index (χ1n) is 4.89. The van der Waals surface area contributed by atoms with Crippen molar-refractivity contribution >= 4 is 23.8 Å². The number of nitrogens with one attached hydrogen (secondary N) is 1. The molecular formula is C10H15NO4S. The molecular weight excluding hydrogens is 230 g/mol. The number of carboxylic acid groups (broad SMARTS) is 1. The van der Waals surface area contributed by atoms with Crippen LogP contribution in [0.1, 0.15) is 27.2 Å². The van der Waals surface area contributed by atoms with Gasteiger partial charge in [0.15, 0.2) is 0 Å².